The second-order valence-corrected chi connectivity index (χ2v) is 13.1. The summed E-state index contributed by atoms with van der Waals surface area (Å²) in [7, 11) is 3.10. The molecule has 0 radical (unpaired) electrons. The van der Waals surface area contributed by atoms with Crippen LogP contribution in [0.2, 0.25) is 5.02 Å². The lowest BCUT2D eigenvalue weighted by Crippen LogP contribution is -2.74. The molecule has 0 aromatic heterocycles. The number of carbonyl (C=O) groups is 5. The molecule has 3 unspecified atom stereocenters. The smallest absolute Gasteiger partial charge is 0.235 e. The molecule has 11 heteroatoms. The molecule has 3 aliphatic rings. The Hall–Kier alpha value is -2.66. The highest BCUT2D eigenvalue weighted by Crippen LogP contribution is 2.51. The zero-order valence-corrected chi connectivity index (χ0v) is 25.2. The number of phenols is 1. The number of ketones is 4. The number of phenolic OH excluding ortho intramolecular Hbond substituents is 1. The number of halogens is 1. The predicted octanol–water partition coefficient (Wildman–Crippen LogP) is 1.78. The molecule has 10 nitrogen and oxygen atoms in total. The van der Waals surface area contributed by atoms with Gasteiger partial charge in [-0.25, -0.2) is 0 Å². The van der Waals surface area contributed by atoms with Gasteiger partial charge in [0.05, 0.1) is 17.5 Å². The summed E-state index contributed by atoms with van der Waals surface area (Å²) in [5, 5.41) is 23.0. The van der Waals surface area contributed by atoms with Crippen LogP contribution in [0.5, 0.6) is 5.75 Å². The van der Waals surface area contributed by atoms with Crippen LogP contribution in [0.4, 0.5) is 0 Å². The molecule has 224 valence electrons. The first kappa shape index (κ1) is 31.3. The van der Waals surface area contributed by atoms with E-state index >= 15 is 0 Å². The lowest BCUT2D eigenvalue weighted by atomic mass is 9.52. The summed E-state index contributed by atoms with van der Waals surface area (Å²) in [5.74, 6) is -10.2. The molecule has 0 heterocycles. The van der Waals surface area contributed by atoms with Gasteiger partial charge in [0.2, 0.25) is 5.91 Å². The first-order chi connectivity index (χ1) is 19.0. The molecule has 0 saturated heterocycles. The zero-order valence-electron chi connectivity index (χ0n) is 24.4. The number of fused-ring (bicyclic) bond motifs is 3. The molecule has 1 aromatic rings. The van der Waals surface area contributed by atoms with Gasteiger partial charge < -0.3 is 15.9 Å². The van der Waals surface area contributed by atoms with Crippen molar-refractivity contribution in [3.05, 3.63) is 27.8 Å². The number of carbonyl (C=O) groups excluding carboxylic acids is 5. The summed E-state index contributed by atoms with van der Waals surface area (Å²) in [5.41, 5.74) is 3.59. The van der Waals surface area contributed by atoms with E-state index in [0.717, 1.165) is 13.0 Å². The van der Waals surface area contributed by atoms with E-state index in [-0.39, 0.29) is 30.2 Å². The monoisotopic (exact) mass is 589 g/mol. The van der Waals surface area contributed by atoms with Crippen LogP contribution in [-0.4, -0.2) is 87.4 Å². The highest BCUT2D eigenvalue weighted by atomic mass is 35.5. The number of hydrogen-bond donors (Lipinski definition) is 3. The molecule has 2 saturated carbocycles. The quantitative estimate of drug-likeness (QED) is 0.384. The summed E-state index contributed by atoms with van der Waals surface area (Å²) in [6, 6.07) is 0.508. The number of nitrogens with two attached hydrogens (primary N) is 1. The lowest BCUT2D eigenvalue weighted by molar-refractivity contribution is -0.181. The minimum atomic E-state index is -2.75. The summed E-state index contributed by atoms with van der Waals surface area (Å²) in [4.78, 5) is 70.1. The Bertz CT molecular complexity index is 1310. The van der Waals surface area contributed by atoms with E-state index < -0.39 is 64.4 Å². The number of amides is 1. The van der Waals surface area contributed by atoms with Crippen LogP contribution in [0.15, 0.2) is 6.07 Å². The third-order valence-corrected chi connectivity index (χ3v) is 9.64. The molecule has 1 aromatic carbocycles. The second kappa shape index (κ2) is 11.2. The van der Waals surface area contributed by atoms with Crippen LogP contribution >= 0.6 is 11.6 Å². The number of primary amides is 1. The minimum absolute atomic E-state index is 0.0161. The minimum Gasteiger partial charge on any atom is -0.507 e. The Kier molecular flexibility index (Phi) is 8.55. The van der Waals surface area contributed by atoms with E-state index in [1.807, 2.05) is 0 Å². The van der Waals surface area contributed by atoms with Crippen LogP contribution < -0.4 is 5.73 Å². The van der Waals surface area contributed by atoms with Gasteiger partial charge in [0.1, 0.15) is 5.75 Å². The Morgan fingerprint density at radius 1 is 1.15 bits per heavy atom. The van der Waals surface area contributed by atoms with E-state index in [1.165, 1.54) is 11.0 Å². The standard InChI is InChI=1S/C30H40ClN3O7/c1-13(2)7-8-34(14(3)4)12-16-11-19(35)21-17(23(16)31)9-15-10-18-24(33(5)6)26(37)22(29(32)40)28(39)30(18,41)27(38)20(15)25(21)36/h11,13-15,18,20,22,24,35,41H,7-10,12H2,1-6H3,(H2,32,40)/t15-,18-,20?,22?,24-,30?/m0/s1. The van der Waals surface area contributed by atoms with Gasteiger partial charge >= 0.3 is 0 Å². The van der Waals surface area contributed by atoms with Crippen LogP contribution in [0.1, 0.15) is 62.0 Å². The van der Waals surface area contributed by atoms with Crippen LogP contribution in [-0.2, 0) is 32.1 Å². The van der Waals surface area contributed by atoms with E-state index in [1.54, 1.807) is 14.1 Å². The Labute approximate surface area is 245 Å². The third-order valence-electron chi connectivity index (χ3n) is 9.17. The average molecular weight is 590 g/mol. The second-order valence-electron chi connectivity index (χ2n) is 12.8. The van der Waals surface area contributed by atoms with Crippen LogP contribution in [0, 0.1) is 29.6 Å². The largest absolute Gasteiger partial charge is 0.507 e. The summed E-state index contributed by atoms with van der Waals surface area (Å²) < 4.78 is 0. The number of hydrogen-bond acceptors (Lipinski definition) is 9. The van der Waals surface area contributed by atoms with Crippen molar-refractivity contribution in [2.75, 3.05) is 20.6 Å². The van der Waals surface area contributed by atoms with Gasteiger partial charge in [0.25, 0.3) is 0 Å². The van der Waals surface area contributed by atoms with Gasteiger partial charge in [0, 0.05) is 23.5 Å². The molecule has 41 heavy (non-hydrogen) atoms. The lowest BCUT2D eigenvalue weighted by Gasteiger charge is -2.52. The van der Waals surface area contributed by atoms with Crippen LogP contribution in [0.25, 0.3) is 0 Å². The summed E-state index contributed by atoms with van der Waals surface area (Å²) >= 11 is 6.90. The molecule has 0 spiro atoms. The third kappa shape index (κ3) is 5.02. The maximum absolute atomic E-state index is 13.9. The Morgan fingerprint density at radius 2 is 1.78 bits per heavy atom. The molecule has 4 rings (SSSR count). The van der Waals surface area contributed by atoms with E-state index in [9.17, 15) is 34.2 Å². The number of likely N-dealkylation sites (N-methyl/N-ethyl adjacent to an activating group) is 1. The van der Waals surface area contributed by atoms with Crippen molar-refractivity contribution < 1.29 is 34.2 Å². The van der Waals surface area contributed by atoms with Crippen molar-refractivity contribution in [1.82, 2.24) is 9.80 Å². The normalized spacial score (nSPS) is 29.8. The summed E-state index contributed by atoms with van der Waals surface area (Å²) in [6.07, 6.45) is 1.10. The maximum Gasteiger partial charge on any atom is 0.235 e. The molecule has 6 atom stereocenters. The van der Waals surface area contributed by atoms with Crippen molar-refractivity contribution in [2.45, 2.75) is 71.2 Å². The van der Waals surface area contributed by atoms with Crippen LogP contribution in [0.3, 0.4) is 0 Å². The number of aliphatic hydroxyl groups is 1. The molecular weight excluding hydrogens is 550 g/mol. The number of benzene rings is 1. The molecule has 0 bridgehead atoms. The first-order valence-corrected chi connectivity index (χ1v) is 14.5. The molecule has 0 aliphatic heterocycles. The predicted molar refractivity (Wildman–Crippen MR) is 151 cm³/mol. The van der Waals surface area contributed by atoms with Gasteiger partial charge in [-0.1, -0.05) is 25.4 Å². The van der Waals surface area contributed by atoms with Crippen molar-refractivity contribution in [3.8, 4) is 5.75 Å². The fourth-order valence-electron chi connectivity index (χ4n) is 6.99. The van der Waals surface area contributed by atoms with Gasteiger partial charge in [-0.15, -0.1) is 0 Å². The van der Waals surface area contributed by atoms with Gasteiger partial charge in [-0.3, -0.25) is 33.8 Å². The zero-order chi connectivity index (χ0) is 30.7. The SMILES string of the molecule is CC(C)CCN(Cc1cc(O)c2c(c1Cl)C[C@H]1C[C@H]3[C@H](N(C)C)C(=O)C(C(N)=O)C(=O)C3(O)C(=O)C1C2=O)C(C)C. The van der Waals surface area contributed by atoms with E-state index in [0.29, 0.717) is 28.6 Å². The number of aromatic hydroxyl groups is 1. The first-order valence-electron chi connectivity index (χ1n) is 14.2. The molecule has 3 aliphatic carbocycles. The molecular formula is C30H40ClN3O7. The van der Waals surface area contributed by atoms with E-state index in [2.05, 4.69) is 32.6 Å². The molecule has 2 fully saturated rings. The maximum atomic E-state index is 13.9. The van der Waals surface area contributed by atoms with Crippen molar-refractivity contribution in [2.24, 2.45) is 35.3 Å². The fourth-order valence-corrected chi connectivity index (χ4v) is 7.27. The highest BCUT2D eigenvalue weighted by molar-refractivity contribution is 6.34. The fraction of sp³-hybridized carbons (Fsp3) is 0.633. The van der Waals surface area contributed by atoms with E-state index in [4.69, 9.17) is 17.3 Å². The van der Waals surface area contributed by atoms with Gasteiger partial charge in [0.15, 0.2) is 34.7 Å². The Balaban J connectivity index is 1.77. The molecule has 1 amide bonds. The number of rotatable bonds is 8. The van der Waals surface area contributed by atoms with Crippen molar-refractivity contribution in [1.29, 1.82) is 0 Å². The number of Topliss-reactive ketones (excluding diaryl/α,β-unsaturated/α-hetero) is 4. The van der Waals surface area contributed by atoms with Crippen molar-refractivity contribution in [3.63, 3.8) is 0 Å². The van der Waals surface area contributed by atoms with Gasteiger partial charge in [-0.2, -0.15) is 0 Å². The highest BCUT2D eigenvalue weighted by Gasteiger charge is 2.69. The summed E-state index contributed by atoms with van der Waals surface area (Å²) in [6.45, 7) is 9.72. The average Bonchev–Trinajstić information content (AvgIpc) is 2.85. The van der Waals surface area contributed by atoms with Gasteiger partial charge in [-0.05, 0) is 82.8 Å². The topological polar surface area (TPSA) is 158 Å². The Morgan fingerprint density at radius 3 is 2.32 bits per heavy atom. The molecule has 4 N–H and O–H groups in total. The number of nitrogens with zero attached hydrogens (tertiary/aromatic N) is 2. The van der Waals surface area contributed by atoms with Crippen molar-refractivity contribution >= 4 is 40.6 Å².